The second-order valence-electron chi connectivity index (χ2n) is 7.17. The first-order valence-corrected chi connectivity index (χ1v) is 9.33. The summed E-state index contributed by atoms with van der Waals surface area (Å²) >= 11 is 0. The molecule has 0 aromatic carbocycles. The number of rotatable bonds is 6. The molecule has 0 bridgehead atoms. The van der Waals surface area contributed by atoms with Crippen molar-refractivity contribution in [2.24, 2.45) is 5.92 Å². The number of amides is 1. The van der Waals surface area contributed by atoms with E-state index in [1.807, 2.05) is 28.8 Å². The van der Waals surface area contributed by atoms with Crippen LogP contribution in [0.4, 0.5) is 0 Å². The molecule has 0 aromatic rings. The molecule has 26 heavy (non-hydrogen) atoms. The van der Waals surface area contributed by atoms with Gasteiger partial charge in [-0.25, -0.2) is 0 Å². The largest absolute Gasteiger partial charge is 0.351 e. The number of likely N-dealkylation sites (tertiary alicyclic amines) is 1. The van der Waals surface area contributed by atoms with Crippen LogP contribution in [0.5, 0.6) is 0 Å². The van der Waals surface area contributed by atoms with Gasteiger partial charge in [-0.1, -0.05) is 25.7 Å². The lowest BCUT2D eigenvalue weighted by Crippen LogP contribution is -2.40. The highest BCUT2D eigenvalue weighted by Crippen LogP contribution is 2.32. The number of nitrogens with zero attached hydrogens (tertiary/aromatic N) is 3. The molecule has 2 heterocycles. The van der Waals surface area contributed by atoms with E-state index in [0.717, 1.165) is 43.6 Å². The summed E-state index contributed by atoms with van der Waals surface area (Å²) in [6.45, 7) is 12.3. The SMILES string of the molecule is [B]N1C[C@H]2CCN(C(=O)C(=C)CC(=C\C)/C(/C=C(\C)C#N)=C/CC)[C@H]2C1. The van der Waals surface area contributed by atoms with Crippen molar-refractivity contribution in [1.29, 1.82) is 5.26 Å². The standard InChI is InChI=1S/C21H28BN3O/c1-5-7-18(10-15(3)12-23)17(6-2)11-16(4)21(26)25-9-8-19-13-24(22)14-20(19)25/h6-7,10,19-20H,4-5,8-9,11,13-14H2,1-3H3/b15-10+,17-6+,18-7+/t19-,20+/m1/s1. The molecule has 0 N–H and O–H groups in total. The third-order valence-electron chi connectivity index (χ3n) is 5.23. The van der Waals surface area contributed by atoms with Crippen LogP contribution in [0, 0.1) is 17.2 Å². The average Bonchev–Trinajstić information content (AvgIpc) is 3.17. The predicted molar refractivity (Wildman–Crippen MR) is 106 cm³/mol. The molecule has 0 aliphatic carbocycles. The highest BCUT2D eigenvalue weighted by molar-refractivity contribution is 6.04. The van der Waals surface area contributed by atoms with E-state index < -0.39 is 0 Å². The van der Waals surface area contributed by atoms with Gasteiger partial charge in [-0.05, 0) is 56.4 Å². The van der Waals surface area contributed by atoms with Crippen LogP contribution < -0.4 is 0 Å². The second kappa shape index (κ2) is 9.05. The molecule has 0 spiro atoms. The van der Waals surface area contributed by atoms with Gasteiger partial charge in [0.25, 0.3) is 0 Å². The van der Waals surface area contributed by atoms with E-state index in [1.54, 1.807) is 6.92 Å². The summed E-state index contributed by atoms with van der Waals surface area (Å²) in [5.74, 6) is 0.513. The molecule has 4 nitrogen and oxygen atoms in total. The fraction of sp³-hybridized carbons (Fsp3) is 0.524. The van der Waals surface area contributed by atoms with Gasteiger partial charge in [0.1, 0.15) is 0 Å². The Morgan fingerprint density at radius 3 is 2.77 bits per heavy atom. The van der Waals surface area contributed by atoms with Gasteiger partial charge in [0.2, 0.25) is 5.91 Å². The fourth-order valence-corrected chi connectivity index (χ4v) is 3.89. The summed E-state index contributed by atoms with van der Waals surface area (Å²) in [6, 6.07) is 2.37. The number of nitriles is 1. The third kappa shape index (κ3) is 4.56. The molecule has 2 saturated heterocycles. The topological polar surface area (TPSA) is 47.3 Å². The Morgan fingerprint density at radius 2 is 2.15 bits per heavy atom. The van der Waals surface area contributed by atoms with Crippen LogP contribution in [0.25, 0.3) is 0 Å². The zero-order valence-electron chi connectivity index (χ0n) is 16.2. The van der Waals surface area contributed by atoms with Crippen molar-refractivity contribution in [2.45, 2.75) is 46.1 Å². The first-order valence-electron chi connectivity index (χ1n) is 9.33. The van der Waals surface area contributed by atoms with Gasteiger partial charge < -0.3 is 9.71 Å². The number of hydrogen-bond donors (Lipinski definition) is 0. The number of carbonyl (C=O) groups is 1. The van der Waals surface area contributed by atoms with Crippen LogP contribution >= 0.6 is 0 Å². The van der Waals surface area contributed by atoms with E-state index in [1.165, 1.54) is 0 Å². The van der Waals surface area contributed by atoms with Crippen LogP contribution in [0.2, 0.25) is 0 Å². The van der Waals surface area contributed by atoms with Crippen molar-refractivity contribution in [3.63, 3.8) is 0 Å². The molecule has 0 unspecified atom stereocenters. The maximum absolute atomic E-state index is 13.0. The fourth-order valence-electron chi connectivity index (χ4n) is 3.89. The molecule has 136 valence electrons. The van der Waals surface area contributed by atoms with E-state index in [0.29, 0.717) is 23.5 Å². The van der Waals surface area contributed by atoms with Gasteiger partial charge in [-0.3, -0.25) is 4.79 Å². The molecular weight excluding hydrogens is 321 g/mol. The second-order valence-corrected chi connectivity index (χ2v) is 7.17. The van der Waals surface area contributed by atoms with Crippen LogP contribution in [0.1, 0.15) is 40.0 Å². The molecule has 0 aromatic heterocycles. The van der Waals surface area contributed by atoms with Crippen LogP contribution in [0.15, 0.2) is 47.1 Å². The summed E-state index contributed by atoms with van der Waals surface area (Å²) in [4.78, 5) is 16.7. The Labute approximate surface area is 159 Å². The third-order valence-corrected chi connectivity index (χ3v) is 5.23. The lowest BCUT2D eigenvalue weighted by Gasteiger charge is -2.25. The summed E-state index contributed by atoms with van der Waals surface area (Å²) in [6.07, 6.45) is 8.35. The first kappa shape index (κ1) is 20.3. The number of fused-ring (bicyclic) bond motifs is 1. The van der Waals surface area contributed by atoms with Crippen LogP contribution in [-0.4, -0.2) is 49.3 Å². The summed E-state index contributed by atoms with van der Waals surface area (Å²) in [5, 5.41) is 9.07. The highest BCUT2D eigenvalue weighted by atomic mass is 16.2. The van der Waals surface area contributed by atoms with Crippen LogP contribution in [-0.2, 0) is 4.79 Å². The lowest BCUT2D eigenvalue weighted by atomic mass is 9.95. The van der Waals surface area contributed by atoms with E-state index >= 15 is 0 Å². The molecule has 2 radical (unpaired) electrons. The minimum atomic E-state index is 0.0315. The van der Waals surface area contributed by atoms with Gasteiger partial charge in [0.15, 0.2) is 7.98 Å². The Balaban J connectivity index is 2.10. The molecular formula is C21H28BN3O. The highest BCUT2D eigenvalue weighted by Gasteiger charge is 2.42. The predicted octanol–water partition coefficient (Wildman–Crippen LogP) is 3.30. The smallest absolute Gasteiger partial charge is 0.249 e. The van der Waals surface area contributed by atoms with E-state index in [2.05, 4.69) is 25.6 Å². The Morgan fingerprint density at radius 1 is 1.42 bits per heavy atom. The molecule has 2 aliphatic rings. The quantitative estimate of drug-likeness (QED) is 0.320. The average molecular weight is 349 g/mol. The zero-order chi connectivity index (χ0) is 19.3. The van der Waals surface area contributed by atoms with Crippen LogP contribution in [0.3, 0.4) is 0 Å². The van der Waals surface area contributed by atoms with Gasteiger partial charge in [-0.15, -0.1) is 0 Å². The van der Waals surface area contributed by atoms with Gasteiger partial charge in [-0.2, -0.15) is 5.26 Å². The lowest BCUT2D eigenvalue weighted by molar-refractivity contribution is -0.128. The maximum atomic E-state index is 13.0. The Kier molecular flexibility index (Phi) is 7.05. The van der Waals surface area contributed by atoms with Gasteiger partial charge in [0, 0.05) is 36.7 Å². The van der Waals surface area contributed by atoms with Crippen molar-refractivity contribution < 1.29 is 4.79 Å². The summed E-state index contributed by atoms with van der Waals surface area (Å²) < 4.78 is 0. The van der Waals surface area contributed by atoms with Crippen molar-refractivity contribution in [2.75, 3.05) is 19.6 Å². The number of hydrogen-bond acceptors (Lipinski definition) is 3. The monoisotopic (exact) mass is 349 g/mol. The van der Waals surface area contributed by atoms with Gasteiger partial charge in [0.05, 0.1) is 6.07 Å². The van der Waals surface area contributed by atoms with Crippen molar-refractivity contribution in [3.05, 3.63) is 47.1 Å². The first-order chi connectivity index (χ1) is 12.4. The van der Waals surface area contributed by atoms with Crippen molar-refractivity contribution in [3.8, 4) is 6.07 Å². The maximum Gasteiger partial charge on any atom is 0.249 e. The van der Waals surface area contributed by atoms with Gasteiger partial charge >= 0.3 is 0 Å². The Hall–Kier alpha value is -2.06. The van der Waals surface area contributed by atoms with Crippen molar-refractivity contribution in [1.82, 2.24) is 9.71 Å². The summed E-state index contributed by atoms with van der Waals surface area (Å²) in [5.41, 5.74) is 3.27. The molecule has 2 aliphatic heterocycles. The summed E-state index contributed by atoms with van der Waals surface area (Å²) in [7, 11) is 5.92. The molecule has 1 amide bonds. The minimum absolute atomic E-state index is 0.0315. The van der Waals surface area contributed by atoms with E-state index in [9.17, 15) is 4.79 Å². The molecule has 2 fully saturated rings. The normalized spacial score (nSPS) is 24.5. The minimum Gasteiger partial charge on any atom is -0.351 e. The number of carbonyl (C=O) groups excluding carboxylic acids is 1. The Bertz CT molecular complexity index is 699. The van der Waals surface area contributed by atoms with E-state index in [4.69, 9.17) is 13.2 Å². The van der Waals surface area contributed by atoms with E-state index in [-0.39, 0.29) is 11.9 Å². The van der Waals surface area contributed by atoms with Crippen molar-refractivity contribution >= 4 is 13.9 Å². The molecule has 5 heteroatoms. The zero-order valence-corrected chi connectivity index (χ0v) is 16.2. The molecule has 0 saturated carbocycles. The molecule has 2 rings (SSSR count). The molecule has 2 atom stereocenters. The number of allylic oxidation sites excluding steroid dienone is 6.